The lowest BCUT2D eigenvalue weighted by molar-refractivity contribution is -0.242. The molecule has 1 N–H and O–H groups in total. The first kappa shape index (κ1) is 11.4. The molecule has 0 bridgehead atoms. The number of fused-ring (bicyclic) bond motifs is 1. The number of aromatic nitrogens is 1. The summed E-state index contributed by atoms with van der Waals surface area (Å²) in [4.78, 5) is 4.13. The second-order valence-electron chi connectivity index (χ2n) is 5.54. The van der Waals surface area contributed by atoms with Gasteiger partial charge in [-0.25, -0.2) is 4.98 Å². The number of nitrogens with zero attached hydrogens (tertiary/aromatic N) is 1. The predicted octanol–water partition coefficient (Wildman–Crippen LogP) is 1.10. The van der Waals surface area contributed by atoms with Gasteiger partial charge in [-0.3, -0.25) is 0 Å². The zero-order chi connectivity index (χ0) is 12.9. The molecule has 0 aliphatic carbocycles. The fourth-order valence-electron chi connectivity index (χ4n) is 3.11. The van der Waals surface area contributed by atoms with Crippen molar-refractivity contribution in [1.82, 2.24) is 4.98 Å². The minimum atomic E-state index is -0.223. The van der Waals surface area contributed by atoms with E-state index in [0.29, 0.717) is 26.4 Å². The van der Waals surface area contributed by atoms with Crippen LogP contribution in [0, 0.1) is 5.41 Å². The van der Waals surface area contributed by atoms with Gasteiger partial charge in [-0.05, 0) is 17.7 Å². The lowest BCUT2D eigenvalue weighted by Crippen LogP contribution is -2.68. The Kier molecular flexibility index (Phi) is 2.27. The fraction of sp³-hybridized carbons (Fsp3) is 0.500. The second kappa shape index (κ2) is 3.79. The van der Waals surface area contributed by atoms with Crippen LogP contribution in [-0.2, 0) is 14.9 Å². The molecule has 0 atom stereocenters. The lowest BCUT2D eigenvalue weighted by Gasteiger charge is -2.58. The van der Waals surface area contributed by atoms with Crippen LogP contribution in [0.15, 0.2) is 29.0 Å². The van der Waals surface area contributed by atoms with Gasteiger partial charge in [0.25, 0.3) is 0 Å². The summed E-state index contributed by atoms with van der Waals surface area (Å²) in [5.41, 5.74) is 2.37. The Labute approximate surface area is 110 Å². The van der Waals surface area contributed by atoms with E-state index in [1.54, 1.807) is 0 Å². The van der Waals surface area contributed by atoms with Crippen LogP contribution in [0.1, 0.15) is 5.56 Å². The number of hydrogen-bond acceptors (Lipinski definition) is 5. The van der Waals surface area contributed by atoms with Crippen LogP contribution < -0.4 is 0 Å². The molecule has 100 valence electrons. The zero-order valence-corrected chi connectivity index (χ0v) is 10.5. The van der Waals surface area contributed by atoms with Gasteiger partial charge in [-0.2, -0.15) is 0 Å². The minimum Gasteiger partial charge on any atom is -0.443 e. The van der Waals surface area contributed by atoms with Crippen molar-refractivity contribution in [2.45, 2.75) is 5.41 Å². The normalized spacial score (nSPS) is 23.8. The van der Waals surface area contributed by atoms with Gasteiger partial charge < -0.3 is 19.0 Å². The number of oxazole rings is 1. The molecule has 0 unspecified atom stereocenters. The van der Waals surface area contributed by atoms with Crippen LogP contribution in [0.25, 0.3) is 11.1 Å². The summed E-state index contributed by atoms with van der Waals surface area (Å²) in [6.45, 7) is 2.53. The van der Waals surface area contributed by atoms with Gasteiger partial charge in [0.05, 0.1) is 43.9 Å². The Morgan fingerprint density at radius 1 is 1.16 bits per heavy atom. The SMILES string of the molecule is OCC1(C2(c3ccc4ncoc4c3)COC2)COC1. The largest absolute Gasteiger partial charge is 0.443 e. The highest BCUT2D eigenvalue weighted by molar-refractivity contribution is 5.73. The van der Waals surface area contributed by atoms with Crippen molar-refractivity contribution in [2.75, 3.05) is 33.0 Å². The summed E-state index contributed by atoms with van der Waals surface area (Å²) >= 11 is 0. The Morgan fingerprint density at radius 2 is 1.95 bits per heavy atom. The highest BCUT2D eigenvalue weighted by Crippen LogP contribution is 2.51. The first-order valence-corrected chi connectivity index (χ1v) is 6.40. The summed E-state index contributed by atoms with van der Waals surface area (Å²) in [6.07, 6.45) is 1.45. The van der Waals surface area contributed by atoms with E-state index in [1.165, 1.54) is 6.39 Å². The number of aliphatic hydroxyl groups excluding tert-OH is 1. The molecule has 1 aromatic carbocycles. The van der Waals surface area contributed by atoms with Gasteiger partial charge in [-0.15, -0.1) is 0 Å². The van der Waals surface area contributed by atoms with Crippen LogP contribution in [0.4, 0.5) is 0 Å². The van der Waals surface area contributed by atoms with Gasteiger partial charge in [0.2, 0.25) is 0 Å². The van der Waals surface area contributed by atoms with E-state index in [4.69, 9.17) is 13.9 Å². The maximum absolute atomic E-state index is 9.80. The minimum absolute atomic E-state index is 0.116. The number of hydrogen-bond donors (Lipinski definition) is 1. The van der Waals surface area contributed by atoms with E-state index >= 15 is 0 Å². The van der Waals surface area contributed by atoms with Crippen LogP contribution in [0.2, 0.25) is 0 Å². The third kappa shape index (κ3) is 1.32. The Balaban J connectivity index is 1.83. The first-order chi connectivity index (χ1) is 9.30. The molecule has 2 aliphatic rings. The van der Waals surface area contributed by atoms with Crippen LogP contribution in [-0.4, -0.2) is 43.1 Å². The molecule has 3 heterocycles. The van der Waals surface area contributed by atoms with E-state index in [9.17, 15) is 5.11 Å². The molecule has 19 heavy (non-hydrogen) atoms. The van der Waals surface area contributed by atoms with Crippen molar-refractivity contribution in [2.24, 2.45) is 5.41 Å². The van der Waals surface area contributed by atoms with E-state index in [2.05, 4.69) is 11.1 Å². The Bertz CT molecular complexity index is 607. The number of ether oxygens (including phenoxy) is 2. The molecule has 5 heteroatoms. The highest BCUT2D eigenvalue weighted by atomic mass is 16.5. The van der Waals surface area contributed by atoms with Gasteiger partial charge >= 0.3 is 0 Å². The molecule has 2 fully saturated rings. The van der Waals surface area contributed by atoms with Gasteiger partial charge in [-0.1, -0.05) is 6.07 Å². The summed E-state index contributed by atoms with van der Waals surface area (Å²) in [7, 11) is 0. The smallest absolute Gasteiger partial charge is 0.181 e. The van der Waals surface area contributed by atoms with Crippen molar-refractivity contribution in [3.05, 3.63) is 30.2 Å². The molecule has 4 rings (SSSR count). The molecule has 0 saturated carbocycles. The summed E-state index contributed by atoms with van der Waals surface area (Å²) in [5, 5.41) is 9.80. The Hall–Kier alpha value is -1.43. The quantitative estimate of drug-likeness (QED) is 0.896. The molecule has 5 nitrogen and oxygen atoms in total. The molecule has 1 aromatic heterocycles. The van der Waals surface area contributed by atoms with Crippen molar-refractivity contribution in [1.29, 1.82) is 0 Å². The molecule has 2 aliphatic heterocycles. The molecule has 0 radical (unpaired) electrons. The van der Waals surface area contributed by atoms with Crippen molar-refractivity contribution < 1.29 is 19.0 Å². The molecule has 2 aromatic rings. The zero-order valence-electron chi connectivity index (χ0n) is 10.5. The van der Waals surface area contributed by atoms with Gasteiger partial charge in [0.1, 0.15) is 5.52 Å². The van der Waals surface area contributed by atoms with E-state index in [-0.39, 0.29) is 17.4 Å². The van der Waals surface area contributed by atoms with Crippen LogP contribution >= 0.6 is 0 Å². The average Bonchev–Trinajstić information content (AvgIpc) is 2.78. The topological polar surface area (TPSA) is 64.7 Å². The average molecular weight is 261 g/mol. The lowest BCUT2D eigenvalue weighted by atomic mass is 9.57. The third-order valence-corrected chi connectivity index (χ3v) is 4.66. The van der Waals surface area contributed by atoms with E-state index < -0.39 is 0 Å². The third-order valence-electron chi connectivity index (χ3n) is 4.66. The summed E-state index contributed by atoms with van der Waals surface area (Å²) in [5.74, 6) is 0. The summed E-state index contributed by atoms with van der Waals surface area (Å²) in [6, 6.07) is 6.03. The number of aliphatic hydroxyl groups is 1. The second-order valence-corrected chi connectivity index (χ2v) is 5.54. The number of benzene rings is 1. The predicted molar refractivity (Wildman–Crippen MR) is 66.8 cm³/mol. The highest BCUT2D eigenvalue weighted by Gasteiger charge is 2.60. The maximum atomic E-state index is 9.80. The van der Waals surface area contributed by atoms with E-state index in [0.717, 1.165) is 16.7 Å². The Morgan fingerprint density at radius 3 is 2.53 bits per heavy atom. The molecule has 0 spiro atoms. The first-order valence-electron chi connectivity index (χ1n) is 6.40. The van der Waals surface area contributed by atoms with Gasteiger partial charge in [0.15, 0.2) is 12.0 Å². The summed E-state index contributed by atoms with van der Waals surface area (Å²) < 4.78 is 16.2. The maximum Gasteiger partial charge on any atom is 0.181 e. The van der Waals surface area contributed by atoms with Gasteiger partial charge in [0, 0.05) is 0 Å². The van der Waals surface area contributed by atoms with Crippen molar-refractivity contribution in [3.63, 3.8) is 0 Å². The van der Waals surface area contributed by atoms with E-state index in [1.807, 2.05) is 12.1 Å². The molecular formula is C14H15NO4. The number of rotatable bonds is 3. The molecule has 2 saturated heterocycles. The van der Waals surface area contributed by atoms with Crippen molar-refractivity contribution >= 4 is 11.1 Å². The van der Waals surface area contributed by atoms with Crippen LogP contribution in [0.3, 0.4) is 0 Å². The monoisotopic (exact) mass is 261 g/mol. The van der Waals surface area contributed by atoms with Crippen molar-refractivity contribution in [3.8, 4) is 0 Å². The molecule has 0 amide bonds. The molecular weight excluding hydrogens is 246 g/mol. The van der Waals surface area contributed by atoms with Crippen LogP contribution in [0.5, 0.6) is 0 Å². The fourth-order valence-corrected chi connectivity index (χ4v) is 3.11. The standard InChI is InChI=1S/C14H15NO4/c16-4-13(5-17-6-13)14(7-18-8-14)10-1-2-11-12(3-10)19-9-15-11/h1-3,9,16H,4-8H2.